The van der Waals surface area contributed by atoms with Gasteiger partial charge in [0, 0.05) is 38.7 Å². The molecule has 0 spiro atoms. The number of nitrogens with one attached hydrogen (secondary N) is 2. The fourth-order valence-corrected chi connectivity index (χ4v) is 4.70. The Bertz CT molecular complexity index is 1200. The van der Waals surface area contributed by atoms with E-state index in [1.54, 1.807) is 7.05 Å². The normalized spacial score (nSPS) is 13.3. The molecular weight excluding hydrogens is 485 g/mol. The number of amides is 1. The minimum atomic E-state index is -4.39. The molecule has 12 heteroatoms. The Morgan fingerprint density at radius 1 is 1.20 bits per heavy atom. The lowest BCUT2D eigenvalue weighted by Crippen LogP contribution is -2.33. The number of nitrogens with zero attached hydrogens (tertiary/aromatic N) is 2. The molecule has 2 aromatic rings. The van der Waals surface area contributed by atoms with Crippen LogP contribution in [0.25, 0.3) is 0 Å². The number of sulfone groups is 1. The Balaban J connectivity index is 1.45. The summed E-state index contributed by atoms with van der Waals surface area (Å²) in [6, 6.07) is 8.28. The van der Waals surface area contributed by atoms with Gasteiger partial charge >= 0.3 is 0 Å². The van der Waals surface area contributed by atoms with Gasteiger partial charge in [0.05, 0.1) is 13.7 Å². The summed E-state index contributed by atoms with van der Waals surface area (Å²) in [6.45, 7) is 2.04. The molecular formula is C23H27F3N4O4S. The van der Waals surface area contributed by atoms with E-state index < -0.39 is 43.8 Å². The Kier molecular flexibility index (Phi) is 8.73. The second-order valence-corrected chi connectivity index (χ2v) is 9.90. The van der Waals surface area contributed by atoms with Crippen LogP contribution in [-0.4, -0.2) is 71.3 Å². The minimum absolute atomic E-state index is 0.00965. The summed E-state index contributed by atoms with van der Waals surface area (Å²) in [4.78, 5) is 17.1. The predicted octanol–water partition coefficient (Wildman–Crippen LogP) is 1.87. The SMILES string of the molecule is COc1c(F)cc(S(=O)(=O)CNCCC(=O)N(C)CCc2ccc(C3=NCCN3)cc2)c(F)c1F. The maximum atomic E-state index is 14.1. The van der Waals surface area contributed by atoms with Crippen molar-refractivity contribution in [1.29, 1.82) is 0 Å². The number of rotatable bonds is 11. The summed E-state index contributed by atoms with van der Waals surface area (Å²) < 4.78 is 70.8. The first-order valence-corrected chi connectivity index (χ1v) is 12.6. The predicted molar refractivity (Wildman–Crippen MR) is 125 cm³/mol. The average molecular weight is 513 g/mol. The highest BCUT2D eigenvalue weighted by Gasteiger charge is 2.27. The molecule has 0 bridgehead atoms. The second-order valence-electron chi connectivity index (χ2n) is 7.95. The number of halogens is 3. The molecule has 1 aliphatic rings. The number of carbonyl (C=O) groups excluding carboxylic acids is 1. The van der Waals surface area contributed by atoms with E-state index >= 15 is 0 Å². The summed E-state index contributed by atoms with van der Waals surface area (Å²) in [5, 5.41) is 5.73. The highest BCUT2D eigenvalue weighted by Crippen LogP contribution is 2.29. The topological polar surface area (TPSA) is 100 Å². The maximum absolute atomic E-state index is 14.1. The molecule has 0 fully saturated rings. The highest BCUT2D eigenvalue weighted by atomic mass is 32.2. The molecule has 0 aromatic heterocycles. The van der Waals surface area contributed by atoms with Crippen molar-refractivity contribution >= 4 is 21.6 Å². The van der Waals surface area contributed by atoms with Crippen LogP contribution >= 0.6 is 0 Å². The first kappa shape index (κ1) is 26.5. The zero-order chi connectivity index (χ0) is 25.6. The van der Waals surface area contributed by atoms with Crippen molar-refractivity contribution in [1.82, 2.24) is 15.5 Å². The van der Waals surface area contributed by atoms with E-state index in [0.717, 1.165) is 37.2 Å². The molecule has 2 aromatic carbocycles. The van der Waals surface area contributed by atoms with Crippen molar-refractivity contribution in [2.45, 2.75) is 17.7 Å². The number of carbonyl (C=O) groups is 1. The molecule has 1 heterocycles. The maximum Gasteiger partial charge on any atom is 0.223 e. The van der Waals surface area contributed by atoms with E-state index in [1.807, 2.05) is 24.3 Å². The molecule has 8 nitrogen and oxygen atoms in total. The van der Waals surface area contributed by atoms with Crippen LogP contribution in [0.5, 0.6) is 5.75 Å². The zero-order valence-corrected chi connectivity index (χ0v) is 20.2. The van der Waals surface area contributed by atoms with Crippen molar-refractivity contribution in [3.63, 3.8) is 0 Å². The minimum Gasteiger partial charge on any atom is -0.491 e. The van der Waals surface area contributed by atoms with Gasteiger partial charge in [-0.3, -0.25) is 9.79 Å². The summed E-state index contributed by atoms with van der Waals surface area (Å²) >= 11 is 0. The molecule has 1 amide bonds. The van der Waals surface area contributed by atoms with Crippen LogP contribution in [0.15, 0.2) is 40.2 Å². The third-order valence-electron chi connectivity index (χ3n) is 5.49. The lowest BCUT2D eigenvalue weighted by molar-refractivity contribution is -0.129. The fourth-order valence-electron chi connectivity index (χ4n) is 3.48. The van der Waals surface area contributed by atoms with Crippen LogP contribution in [0.4, 0.5) is 13.2 Å². The van der Waals surface area contributed by atoms with Crippen LogP contribution < -0.4 is 15.4 Å². The lowest BCUT2D eigenvalue weighted by Gasteiger charge is -2.17. The van der Waals surface area contributed by atoms with E-state index in [4.69, 9.17) is 0 Å². The average Bonchev–Trinajstić information content (AvgIpc) is 3.38. The van der Waals surface area contributed by atoms with Crippen LogP contribution in [-0.2, 0) is 21.1 Å². The highest BCUT2D eigenvalue weighted by molar-refractivity contribution is 7.91. The third kappa shape index (κ3) is 6.51. The van der Waals surface area contributed by atoms with Gasteiger partial charge in [0.25, 0.3) is 0 Å². The molecule has 2 N–H and O–H groups in total. The molecule has 0 radical (unpaired) electrons. The van der Waals surface area contributed by atoms with E-state index in [9.17, 15) is 26.4 Å². The molecule has 1 aliphatic heterocycles. The molecule has 0 aliphatic carbocycles. The van der Waals surface area contributed by atoms with Crippen molar-refractivity contribution in [2.75, 3.05) is 46.2 Å². The molecule has 35 heavy (non-hydrogen) atoms. The van der Waals surface area contributed by atoms with Gasteiger partial charge in [0.2, 0.25) is 11.7 Å². The first-order chi connectivity index (χ1) is 16.6. The Morgan fingerprint density at radius 3 is 2.54 bits per heavy atom. The van der Waals surface area contributed by atoms with Gasteiger partial charge in [-0.05, 0) is 18.1 Å². The van der Waals surface area contributed by atoms with Gasteiger partial charge in [-0.1, -0.05) is 24.3 Å². The monoisotopic (exact) mass is 512 g/mol. The fraction of sp³-hybridized carbons (Fsp3) is 0.391. The van der Waals surface area contributed by atoms with Gasteiger partial charge in [-0.2, -0.15) is 4.39 Å². The number of likely N-dealkylation sites (N-methyl/N-ethyl adjacent to an activating group) is 1. The van der Waals surface area contributed by atoms with Crippen LogP contribution in [0, 0.1) is 17.5 Å². The summed E-state index contributed by atoms with van der Waals surface area (Å²) in [7, 11) is -1.82. The van der Waals surface area contributed by atoms with E-state index in [2.05, 4.69) is 20.4 Å². The molecule has 0 unspecified atom stereocenters. The number of hydrogen-bond donors (Lipinski definition) is 2. The molecule has 0 saturated heterocycles. The number of ether oxygens (including phenoxy) is 1. The number of methoxy groups -OCH3 is 1. The van der Waals surface area contributed by atoms with Crippen LogP contribution in [0.1, 0.15) is 17.5 Å². The smallest absolute Gasteiger partial charge is 0.223 e. The van der Waals surface area contributed by atoms with Crippen molar-refractivity contribution in [3.05, 3.63) is 58.9 Å². The number of benzene rings is 2. The second kappa shape index (κ2) is 11.5. The van der Waals surface area contributed by atoms with Crippen LogP contribution in [0.2, 0.25) is 0 Å². The van der Waals surface area contributed by atoms with Crippen molar-refractivity contribution in [3.8, 4) is 5.75 Å². The van der Waals surface area contributed by atoms with E-state index in [0.29, 0.717) is 19.0 Å². The lowest BCUT2D eigenvalue weighted by atomic mass is 10.1. The molecule has 3 rings (SSSR count). The third-order valence-corrected chi connectivity index (χ3v) is 7.04. The summed E-state index contributed by atoms with van der Waals surface area (Å²) in [6.07, 6.45) is 0.627. The number of aliphatic imine (C=N–C) groups is 1. The number of amidine groups is 1. The summed E-state index contributed by atoms with van der Waals surface area (Å²) in [5.74, 6) is -5.91. The van der Waals surface area contributed by atoms with E-state index in [1.165, 1.54) is 4.90 Å². The quantitative estimate of drug-likeness (QED) is 0.352. The first-order valence-electron chi connectivity index (χ1n) is 10.9. The molecule has 0 atom stereocenters. The van der Waals surface area contributed by atoms with Gasteiger partial charge in [-0.25, -0.2) is 17.2 Å². The summed E-state index contributed by atoms with van der Waals surface area (Å²) in [5.41, 5.74) is 2.06. The van der Waals surface area contributed by atoms with Crippen LogP contribution in [0.3, 0.4) is 0 Å². The van der Waals surface area contributed by atoms with Crippen molar-refractivity contribution in [2.24, 2.45) is 4.99 Å². The Hall–Kier alpha value is -3.12. The molecule has 190 valence electrons. The Morgan fingerprint density at radius 2 is 1.91 bits per heavy atom. The van der Waals surface area contributed by atoms with Gasteiger partial charge in [0.1, 0.15) is 16.6 Å². The Labute approximate surface area is 202 Å². The van der Waals surface area contributed by atoms with Gasteiger partial charge in [-0.15, -0.1) is 0 Å². The largest absolute Gasteiger partial charge is 0.491 e. The van der Waals surface area contributed by atoms with Gasteiger partial charge < -0.3 is 20.3 Å². The van der Waals surface area contributed by atoms with E-state index in [-0.39, 0.29) is 18.9 Å². The number of hydrogen-bond acceptors (Lipinski definition) is 7. The van der Waals surface area contributed by atoms with Crippen molar-refractivity contribution < 1.29 is 31.1 Å². The zero-order valence-electron chi connectivity index (χ0n) is 19.4. The molecule has 0 saturated carbocycles. The standard InChI is InChI=1S/C23H27F3N4O4S/c1-30(12-8-15-3-5-16(6-4-15)23-28-10-11-29-23)19(31)7-9-27-14-35(32,33)18-13-17(24)22(34-2)21(26)20(18)25/h3-6,13,27H,7-12,14H2,1-2H3,(H,28,29). The van der Waals surface area contributed by atoms with Gasteiger partial charge in [0.15, 0.2) is 27.2 Å².